The molecular formula is C10H9F3O2. The van der Waals surface area contributed by atoms with Gasteiger partial charge in [0.1, 0.15) is 23.0 Å². The summed E-state index contributed by atoms with van der Waals surface area (Å²) in [4.78, 5) is 10.5. The Labute approximate surface area is 84.3 Å². The molecule has 0 aliphatic heterocycles. The first-order chi connectivity index (χ1) is 6.86. The molecule has 0 aliphatic carbocycles. The van der Waals surface area contributed by atoms with Crippen molar-refractivity contribution in [2.75, 3.05) is 0 Å². The zero-order valence-corrected chi connectivity index (χ0v) is 8.14. The molecular weight excluding hydrogens is 209 g/mol. The summed E-state index contributed by atoms with van der Waals surface area (Å²) < 4.78 is 39.5. The van der Waals surface area contributed by atoms with E-state index in [-0.39, 0.29) is 0 Å². The summed E-state index contributed by atoms with van der Waals surface area (Å²) in [6, 6.07) is 0.391. The number of carboxylic acids is 1. The molecule has 0 fully saturated rings. The van der Waals surface area contributed by atoms with Crippen molar-refractivity contribution >= 4 is 5.97 Å². The third-order valence-electron chi connectivity index (χ3n) is 2.00. The van der Waals surface area contributed by atoms with Crippen LogP contribution in [0.15, 0.2) is 6.07 Å². The topological polar surface area (TPSA) is 37.3 Å². The van der Waals surface area contributed by atoms with Crippen molar-refractivity contribution in [3.63, 3.8) is 0 Å². The molecule has 0 radical (unpaired) electrons. The first kappa shape index (κ1) is 11.6. The van der Waals surface area contributed by atoms with Crippen LogP contribution in [0, 0.1) is 17.5 Å². The second-order valence-electron chi connectivity index (χ2n) is 3.40. The molecule has 0 aliphatic rings. The minimum absolute atomic E-state index is 0.391. The standard InChI is InChI=1S/C10H9F3O2/c1-4(2)7-5(11)3-6(12)8(9(7)13)10(14)15/h3-4H,1-2H3,(H,14,15). The van der Waals surface area contributed by atoms with Gasteiger partial charge >= 0.3 is 5.97 Å². The second kappa shape index (κ2) is 3.92. The Hall–Kier alpha value is -1.52. The van der Waals surface area contributed by atoms with Gasteiger partial charge in [0.25, 0.3) is 0 Å². The third-order valence-corrected chi connectivity index (χ3v) is 2.00. The molecule has 0 saturated heterocycles. The number of hydrogen-bond acceptors (Lipinski definition) is 1. The van der Waals surface area contributed by atoms with Crippen LogP contribution in [0.2, 0.25) is 0 Å². The van der Waals surface area contributed by atoms with Crippen molar-refractivity contribution in [2.24, 2.45) is 0 Å². The highest BCUT2D eigenvalue weighted by molar-refractivity contribution is 5.88. The van der Waals surface area contributed by atoms with E-state index in [1.807, 2.05) is 0 Å². The summed E-state index contributed by atoms with van der Waals surface area (Å²) in [5.74, 6) is -6.10. The van der Waals surface area contributed by atoms with E-state index in [9.17, 15) is 18.0 Å². The monoisotopic (exact) mass is 218 g/mol. The van der Waals surface area contributed by atoms with Crippen molar-refractivity contribution in [2.45, 2.75) is 19.8 Å². The summed E-state index contributed by atoms with van der Waals surface area (Å²) in [5.41, 5.74) is -1.52. The van der Waals surface area contributed by atoms with Gasteiger partial charge < -0.3 is 5.11 Å². The molecule has 5 heteroatoms. The molecule has 15 heavy (non-hydrogen) atoms. The van der Waals surface area contributed by atoms with Gasteiger partial charge in [0.2, 0.25) is 0 Å². The molecule has 0 amide bonds. The van der Waals surface area contributed by atoms with E-state index in [1.165, 1.54) is 13.8 Å². The minimum Gasteiger partial charge on any atom is -0.477 e. The maximum atomic E-state index is 13.4. The van der Waals surface area contributed by atoms with Crippen LogP contribution < -0.4 is 0 Å². The lowest BCUT2D eigenvalue weighted by molar-refractivity contribution is 0.0686. The molecule has 0 spiro atoms. The van der Waals surface area contributed by atoms with Gasteiger partial charge in [-0.3, -0.25) is 0 Å². The Morgan fingerprint density at radius 3 is 2.20 bits per heavy atom. The molecule has 1 aromatic carbocycles. The van der Waals surface area contributed by atoms with Crippen LogP contribution in [-0.4, -0.2) is 11.1 Å². The fourth-order valence-electron chi connectivity index (χ4n) is 1.33. The predicted molar refractivity (Wildman–Crippen MR) is 47.4 cm³/mol. The van der Waals surface area contributed by atoms with Gasteiger partial charge in [-0.2, -0.15) is 0 Å². The van der Waals surface area contributed by atoms with Crippen LogP contribution in [0.25, 0.3) is 0 Å². The molecule has 1 aromatic rings. The lowest BCUT2D eigenvalue weighted by atomic mass is 9.98. The van der Waals surface area contributed by atoms with Crippen molar-refractivity contribution in [3.8, 4) is 0 Å². The molecule has 0 aromatic heterocycles. The Kier molecular flexibility index (Phi) is 3.02. The summed E-state index contributed by atoms with van der Waals surface area (Å²) in [5, 5.41) is 8.54. The average Bonchev–Trinajstić information content (AvgIpc) is 1.99. The number of carboxylic acid groups (broad SMARTS) is 1. The SMILES string of the molecule is CC(C)c1c(F)cc(F)c(C(=O)O)c1F. The Morgan fingerprint density at radius 1 is 1.27 bits per heavy atom. The van der Waals surface area contributed by atoms with E-state index in [4.69, 9.17) is 5.11 Å². The van der Waals surface area contributed by atoms with E-state index in [0.717, 1.165) is 0 Å². The van der Waals surface area contributed by atoms with Crippen LogP contribution in [0.4, 0.5) is 13.2 Å². The summed E-state index contributed by atoms with van der Waals surface area (Å²) in [6.45, 7) is 2.98. The van der Waals surface area contributed by atoms with Crippen molar-refractivity contribution in [3.05, 3.63) is 34.6 Å². The molecule has 0 unspecified atom stereocenters. The smallest absolute Gasteiger partial charge is 0.341 e. The number of benzene rings is 1. The van der Waals surface area contributed by atoms with Gasteiger partial charge in [-0.05, 0) is 5.92 Å². The van der Waals surface area contributed by atoms with Crippen LogP contribution in [0.3, 0.4) is 0 Å². The fraction of sp³-hybridized carbons (Fsp3) is 0.300. The largest absolute Gasteiger partial charge is 0.477 e. The number of aromatic carboxylic acids is 1. The van der Waals surface area contributed by atoms with Crippen LogP contribution in [0.1, 0.15) is 35.7 Å². The second-order valence-corrected chi connectivity index (χ2v) is 3.40. The van der Waals surface area contributed by atoms with E-state index in [2.05, 4.69) is 0 Å². The zero-order valence-electron chi connectivity index (χ0n) is 8.14. The lowest BCUT2D eigenvalue weighted by Crippen LogP contribution is -2.10. The number of rotatable bonds is 2. The number of halogens is 3. The molecule has 2 nitrogen and oxygen atoms in total. The molecule has 0 bridgehead atoms. The Bertz CT molecular complexity index is 414. The van der Waals surface area contributed by atoms with Crippen LogP contribution >= 0.6 is 0 Å². The number of hydrogen-bond donors (Lipinski definition) is 1. The summed E-state index contributed by atoms with van der Waals surface area (Å²) >= 11 is 0. The fourth-order valence-corrected chi connectivity index (χ4v) is 1.33. The molecule has 0 heterocycles. The maximum Gasteiger partial charge on any atom is 0.341 e. The van der Waals surface area contributed by atoms with Crippen molar-refractivity contribution in [1.29, 1.82) is 0 Å². The minimum atomic E-state index is -1.74. The van der Waals surface area contributed by atoms with Crippen molar-refractivity contribution < 1.29 is 23.1 Å². The first-order valence-electron chi connectivity index (χ1n) is 4.27. The van der Waals surface area contributed by atoms with E-state index >= 15 is 0 Å². The van der Waals surface area contributed by atoms with Gasteiger partial charge in [-0.1, -0.05) is 13.8 Å². The van der Waals surface area contributed by atoms with E-state index in [1.54, 1.807) is 0 Å². The highest BCUT2D eigenvalue weighted by Gasteiger charge is 2.24. The van der Waals surface area contributed by atoms with Gasteiger partial charge in [0, 0.05) is 11.6 Å². The quantitative estimate of drug-likeness (QED) is 0.828. The summed E-state index contributed by atoms with van der Waals surface area (Å²) in [6.07, 6.45) is 0. The van der Waals surface area contributed by atoms with Gasteiger partial charge in [-0.15, -0.1) is 0 Å². The predicted octanol–water partition coefficient (Wildman–Crippen LogP) is 2.93. The van der Waals surface area contributed by atoms with Gasteiger partial charge in [0.15, 0.2) is 0 Å². The molecule has 0 atom stereocenters. The molecule has 82 valence electrons. The van der Waals surface area contributed by atoms with Gasteiger partial charge in [-0.25, -0.2) is 18.0 Å². The van der Waals surface area contributed by atoms with Crippen molar-refractivity contribution in [1.82, 2.24) is 0 Å². The normalized spacial score (nSPS) is 10.8. The Balaban J connectivity index is 3.56. The highest BCUT2D eigenvalue weighted by Crippen LogP contribution is 2.26. The van der Waals surface area contributed by atoms with Crippen LogP contribution in [0.5, 0.6) is 0 Å². The van der Waals surface area contributed by atoms with Gasteiger partial charge in [0.05, 0.1) is 0 Å². The average molecular weight is 218 g/mol. The highest BCUT2D eigenvalue weighted by atomic mass is 19.1. The maximum absolute atomic E-state index is 13.4. The lowest BCUT2D eigenvalue weighted by Gasteiger charge is -2.10. The van der Waals surface area contributed by atoms with E-state index in [0.29, 0.717) is 6.07 Å². The third kappa shape index (κ3) is 1.95. The zero-order chi connectivity index (χ0) is 11.7. The van der Waals surface area contributed by atoms with Crippen LogP contribution in [-0.2, 0) is 0 Å². The molecule has 1 N–H and O–H groups in total. The Morgan fingerprint density at radius 2 is 1.80 bits per heavy atom. The van der Waals surface area contributed by atoms with E-state index < -0.39 is 40.5 Å². The molecule has 1 rings (SSSR count). The summed E-state index contributed by atoms with van der Waals surface area (Å²) in [7, 11) is 0. The molecule has 0 saturated carbocycles. The number of carbonyl (C=O) groups is 1. The first-order valence-corrected chi connectivity index (χ1v) is 4.27.